The highest BCUT2D eigenvalue weighted by atomic mass is 32.1. The van der Waals surface area contributed by atoms with E-state index >= 15 is 8.78 Å². The van der Waals surface area contributed by atoms with E-state index in [1.165, 1.54) is 0 Å². The second-order valence-corrected chi connectivity index (χ2v) is 14.7. The number of thiophene rings is 1. The van der Waals surface area contributed by atoms with E-state index in [1.54, 1.807) is 6.92 Å². The molecule has 3 fully saturated rings. The summed E-state index contributed by atoms with van der Waals surface area (Å²) >= 11 is 0.936. The number of benzene rings is 1. The summed E-state index contributed by atoms with van der Waals surface area (Å²) in [6.45, 7) is 8.06. The zero-order valence-electron chi connectivity index (χ0n) is 27.6. The Morgan fingerprint density at radius 1 is 1.14 bits per heavy atom. The van der Waals surface area contributed by atoms with E-state index in [2.05, 4.69) is 25.8 Å². The Bertz CT molecular complexity index is 1990. The van der Waals surface area contributed by atoms with Gasteiger partial charge in [-0.3, -0.25) is 9.88 Å². The molecule has 7 heterocycles. The maximum Gasteiger partial charge on any atom is 0.319 e. The van der Waals surface area contributed by atoms with Gasteiger partial charge < -0.3 is 34.9 Å². The Morgan fingerprint density at radius 3 is 2.61 bits per heavy atom. The lowest BCUT2D eigenvalue weighted by molar-refractivity contribution is -0.0708. The highest BCUT2D eigenvalue weighted by Crippen LogP contribution is 2.48. The van der Waals surface area contributed by atoms with Gasteiger partial charge in [0.15, 0.2) is 11.6 Å². The second-order valence-electron chi connectivity index (χ2n) is 13.7. The van der Waals surface area contributed by atoms with E-state index in [0.717, 1.165) is 55.6 Å². The number of morpholine rings is 1. The van der Waals surface area contributed by atoms with E-state index in [4.69, 9.17) is 29.9 Å². The molecule has 2 bridgehead atoms. The summed E-state index contributed by atoms with van der Waals surface area (Å²) in [7, 11) is 2.03. The van der Waals surface area contributed by atoms with E-state index in [0.29, 0.717) is 36.5 Å². The molecule has 258 valence electrons. The number of piperazine rings is 1. The first kappa shape index (κ1) is 32.4. The number of hydrogen-bond acceptors (Lipinski definition) is 13. The number of hydrogen-bond donors (Lipinski definition) is 2. The topological polar surface area (TPSA) is 146 Å². The number of nitrogens with zero attached hydrogens (tertiary/aromatic N) is 7. The summed E-state index contributed by atoms with van der Waals surface area (Å²) in [5, 5.41) is 21.0. The maximum atomic E-state index is 17.4. The number of nitrogens with two attached hydrogens (primary N) is 1. The van der Waals surface area contributed by atoms with Gasteiger partial charge in [0, 0.05) is 55.8 Å². The first-order valence-corrected chi connectivity index (χ1v) is 17.5. The van der Waals surface area contributed by atoms with Crippen molar-refractivity contribution in [1.82, 2.24) is 24.8 Å². The highest BCUT2D eigenvalue weighted by molar-refractivity contribution is 7.23. The van der Waals surface area contributed by atoms with Crippen molar-refractivity contribution in [2.24, 2.45) is 0 Å². The number of anilines is 2. The lowest BCUT2D eigenvalue weighted by Crippen LogP contribution is -2.55. The van der Waals surface area contributed by atoms with Crippen molar-refractivity contribution in [2.45, 2.75) is 70.3 Å². The standard InChI is InChI=1S/C34H38F2N8O4S/c1-16(45)10-43-11-18-4-5-19(12-43)44(18)33-27-22-15-46-14-21(22)25(29-26-20(8-37)32(38)49-31(26)23(35)9-39-29)28(36)30(27)40-34(41-33)48-17(2)24-13-42(3)6-7-47-24/h9,16-19,24,45H,4-7,10-15,38H2,1-3H3/t16-,17+,18?,19?,24-/m1/s1. The van der Waals surface area contributed by atoms with Gasteiger partial charge in [0.05, 0.1) is 53.5 Å². The number of likely N-dealkylation sites (tertiary alicyclic amines) is 1. The van der Waals surface area contributed by atoms with Gasteiger partial charge in [0.25, 0.3) is 0 Å². The van der Waals surface area contributed by atoms with Gasteiger partial charge in [0.1, 0.15) is 34.6 Å². The van der Waals surface area contributed by atoms with Crippen LogP contribution in [0.4, 0.5) is 19.6 Å². The third kappa shape index (κ3) is 5.45. The summed E-state index contributed by atoms with van der Waals surface area (Å²) in [6.07, 6.45) is 1.77. The van der Waals surface area contributed by atoms with Gasteiger partial charge in [-0.05, 0) is 44.9 Å². The van der Waals surface area contributed by atoms with Crippen LogP contribution in [0.5, 0.6) is 6.01 Å². The number of β-amino-alcohol motifs (C(OH)–C–C–N with tert-alkyl or cyclic N) is 1. The van der Waals surface area contributed by atoms with Gasteiger partial charge in [-0.25, -0.2) is 8.78 Å². The SMILES string of the molecule is C[C@H](Oc1nc(N2C3CCC2CN(C[C@@H](C)O)C3)c2c3c(c(-c4ncc(F)c5sc(N)c(C#N)c45)c(F)c2n1)COC3)[C@H]1CN(C)CCO1. The van der Waals surface area contributed by atoms with Gasteiger partial charge in [-0.1, -0.05) is 0 Å². The molecule has 0 spiro atoms. The van der Waals surface area contributed by atoms with Gasteiger partial charge in [0.2, 0.25) is 0 Å². The van der Waals surface area contributed by atoms with Crippen molar-refractivity contribution in [2.75, 3.05) is 57.0 Å². The first-order valence-electron chi connectivity index (χ1n) is 16.7. The van der Waals surface area contributed by atoms with Crippen molar-refractivity contribution in [3.63, 3.8) is 0 Å². The molecule has 0 aliphatic carbocycles. The molecule has 2 unspecified atom stereocenters. The van der Waals surface area contributed by atoms with E-state index in [9.17, 15) is 10.4 Å². The number of nitrogen functional groups attached to an aromatic ring is 1. The number of pyridine rings is 1. The smallest absolute Gasteiger partial charge is 0.319 e. The number of ether oxygens (including phenoxy) is 3. The Labute approximate surface area is 286 Å². The molecular formula is C34H38F2N8O4S. The van der Waals surface area contributed by atoms with Crippen LogP contribution in [0.1, 0.15) is 43.4 Å². The minimum absolute atomic E-state index is 0.0241. The highest BCUT2D eigenvalue weighted by Gasteiger charge is 2.43. The van der Waals surface area contributed by atoms with E-state index in [1.807, 2.05) is 14.0 Å². The van der Waals surface area contributed by atoms with Crippen LogP contribution >= 0.6 is 11.3 Å². The number of aliphatic hydroxyl groups is 1. The van der Waals surface area contributed by atoms with Crippen LogP contribution in [0.15, 0.2) is 6.20 Å². The average molecular weight is 693 g/mol. The summed E-state index contributed by atoms with van der Waals surface area (Å²) in [4.78, 5) is 20.8. The third-order valence-electron chi connectivity index (χ3n) is 10.2. The molecule has 3 N–H and O–H groups in total. The average Bonchev–Trinajstić information content (AvgIpc) is 3.75. The van der Waals surface area contributed by atoms with Crippen LogP contribution in [0, 0.1) is 23.0 Å². The molecule has 12 nitrogen and oxygen atoms in total. The normalized spacial score (nSPS) is 24.0. The molecule has 3 saturated heterocycles. The molecular weight excluding hydrogens is 654 g/mol. The molecule has 4 aromatic rings. The maximum absolute atomic E-state index is 17.4. The minimum Gasteiger partial charge on any atom is -0.458 e. The molecule has 4 aliphatic heterocycles. The molecule has 8 rings (SSSR count). The number of rotatable bonds is 7. The quantitative estimate of drug-likeness (QED) is 0.291. The monoisotopic (exact) mass is 692 g/mol. The predicted octanol–water partition coefficient (Wildman–Crippen LogP) is 3.80. The number of nitriles is 1. The summed E-state index contributed by atoms with van der Waals surface area (Å²) in [5.41, 5.74) is 7.74. The van der Waals surface area contributed by atoms with Crippen molar-refractivity contribution >= 4 is 43.1 Å². The molecule has 3 aromatic heterocycles. The Morgan fingerprint density at radius 2 is 1.90 bits per heavy atom. The number of aromatic nitrogens is 3. The number of fused-ring (bicyclic) bond motifs is 6. The Balaban J connectivity index is 1.33. The fraction of sp³-hybridized carbons (Fsp3) is 0.529. The molecule has 4 aliphatic rings. The molecule has 15 heteroatoms. The minimum atomic E-state index is -0.678. The molecule has 1 aromatic carbocycles. The van der Waals surface area contributed by atoms with Crippen LogP contribution in [-0.2, 0) is 22.7 Å². The summed E-state index contributed by atoms with van der Waals surface area (Å²) < 4.78 is 51.0. The third-order valence-corrected chi connectivity index (χ3v) is 11.3. The summed E-state index contributed by atoms with van der Waals surface area (Å²) in [5.74, 6) is -0.732. The van der Waals surface area contributed by atoms with Gasteiger partial charge in [-0.2, -0.15) is 15.2 Å². The molecule has 49 heavy (non-hydrogen) atoms. The molecule has 0 radical (unpaired) electrons. The number of aliphatic hydroxyl groups excluding tert-OH is 1. The van der Waals surface area contributed by atoms with E-state index in [-0.39, 0.29) is 74.8 Å². The van der Waals surface area contributed by atoms with Crippen LogP contribution in [-0.4, -0.2) is 107 Å². The van der Waals surface area contributed by atoms with Gasteiger partial charge in [-0.15, -0.1) is 11.3 Å². The Hall–Kier alpha value is -3.78. The zero-order chi connectivity index (χ0) is 34.1. The van der Waals surface area contributed by atoms with Crippen molar-refractivity contribution < 1.29 is 28.1 Å². The number of likely N-dealkylation sites (N-methyl/N-ethyl adjacent to an activating group) is 1. The van der Waals surface area contributed by atoms with Crippen molar-refractivity contribution in [3.05, 3.63) is 34.5 Å². The van der Waals surface area contributed by atoms with Crippen molar-refractivity contribution in [3.8, 4) is 23.3 Å². The van der Waals surface area contributed by atoms with Crippen LogP contribution in [0.2, 0.25) is 0 Å². The molecule has 0 amide bonds. The second kappa shape index (κ2) is 12.5. The van der Waals surface area contributed by atoms with Crippen LogP contribution in [0.3, 0.4) is 0 Å². The predicted molar refractivity (Wildman–Crippen MR) is 180 cm³/mol. The first-order chi connectivity index (χ1) is 23.6. The van der Waals surface area contributed by atoms with Gasteiger partial charge >= 0.3 is 6.01 Å². The lowest BCUT2D eigenvalue weighted by Gasteiger charge is -2.42. The van der Waals surface area contributed by atoms with Crippen molar-refractivity contribution in [1.29, 1.82) is 5.26 Å². The Kier molecular flexibility index (Phi) is 8.29. The molecule has 5 atom stereocenters. The largest absolute Gasteiger partial charge is 0.458 e. The van der Waals surface area contributed by atoms with Crippen LogP contribution < -0.4 is 15.4 Å². The van der Waals surface area contributed by atoms with Crippen LogP contribution in [0.25, 0.3) is 32.2 Å². The lowest BCUT2D eigenvalue weighted by atomic mass is 9.93. The zero-order valence-corrected chi connectivity index (χ0v) is 28.4. The number of halogens is 2. The van der Waals surface area contributed by atoms with E-state index < -0.39 is 23.8 Å². The fourth-order valence-corrected chi connectivity index (χ4v) is 8.98. The fourth-order valence-electron chi connectivity index (χ4n) is 8.06. The summed E-state index contributed by atoms with van der Waals surface area (Å²) in [6, 6.07) is 2.26. The molecule has 0 saturated carbocycles.